The van der Waals surface area contributed by atoms with Gasteiger partial charge in [-0.15, -0.1) is 0 Å². The molecule has 2 atom stereocenters. The van der Waals surface area contributed by atoms with Crippen molar-refractivity contribution < 1.29 is 27.1 Å². The molecule has 1 aliphatic rings. The molecule has 0 saturated carbocycles. The van der Waals surface area contributed by atoms with E-state index >= 15 is 0 Å². The van der Waals surface area contributed by atoms with Crippen LogP contribution in [0.4, 0.5) is 27.8 Å². The summed E-state index contributed by atoms with van der Waals surface area (Å²) in [4.78, 5) is 9.85. The first-order valence-electron chi connectivity index (χ1n) is 11.5. The topological polar surface area (TPSA) is 79.1 Å². The Hall–Kier alpha value is -3.12. The summed E-state index contributed by atoms with van der Waals surface area (Å²) < 4.78 is 68.5. The molecule has 7 nitrogen and oxygen atoms in total. The summed E-state index contributed by atoms with van der Waals surface area (Å²) in [6.45, 7) is 4.28. The van der Waals surface area contributed by atoms with Gasteiger partial charge in [-0.3, -0.25) is 0 Å². The van der Waals surface area contributed by atoms with Crippen LogP contribution < -0.4 is 10.2 Å². The number of benzene rings is 1. The smallest absolute Gasteiger partial charge is 0.381 e. The number of alkyl halides is 3. The summed E-state index contributed by atoms with van der Waals surface area (Å²) in [5.41, 5.74) is -2.18. The second kappa shape index (κ2) is 10.1. The molecular formula is C24H27F5N6O. The normalized spacial score (nSPS) is 17.7. The molecule has 0 amide bonds. The number of aryl methyl sites for hydroxylation is 1. The van der Waals surface area contributed by atoms with E-state index in [1.54, 1.807) is 13.8 Å². The van der Waals surface area contributed by atoms with E-state index in [4.69, 9.17) is 0 Å². The van der Waals surface area contributed by atoms with Crippen LogP contribution in [0.5, 0.6) is 0 Å². The third-order valence-electron chi connectivity index (χ3n) is 6.64. The Balaban J connectivity index is 1.46. The monoisotopic (exact) mass is 510 g/mol. The van der Waals surface area contributed by atoms with Gasteiger partial charge in [0.15, 0.2) is 0 Å². The van der Waals surface area contributed by atoms with Crippen molar-refractivity contribution in [2.24, 2.45) is 0 Å². The Morgan fingerprint density at radius 3 is 2.47 bits per heavy atom. The molecule has 3 heterocycles. The van der Waals surface area contributed by atoms with Crippen molar-refractivity contribution in [1.29, 1.82) is 0 Å². The molecule has 0 spiro atoms. The van der Waals surface area contributed by atoms with E-state index in [0.717, 1.165) is 24.4 Å². The predicted molar refractivity (Wildman–Crippen MR) is 122 cm³/mol. The Bertz CT molecular complexity index is 1180. The second-order valence-electron chi connectivity index (χ2n) is 9.15. The molecular weight excluding hydrogens is 483 g/mol. The highest BCUT2D eigenvalue weighted by Gasteiger charge is 2.40. The van der Waals surface area contributed by atoms with Crippen molar-refractivity contribution in [2.45, 2.75) is 57.1 Å². The summed E-state index contributed by atoms with van der Waals surface area (Å²) in [6.07, 6.45) is 0.339. The minimum atomic E-state index is -4.45. The summed E-state index contributed by atoms with van der Waals surface area (Å²) in [6, 6.07) is 3.42. The largest absolute Gasteiger partial charge is 0.417 e. The summed E-state index contributed by atoms with van der Waals surface area (Å²) in [5.74, 6) is -1.12. The number of anilines is 1. The number of pyridine rings is 1. The van der Waals surface area contributed by atoms with Crippen molar-refractivity contribution in [2.75, 3.05) is 18.0 Å². The fraction of sp³-hybridized carbons (Fsp3) is 0.458. The van der Waals surface area contributed by atoms with Crippen LogP contribution >= 0.6 is 0 Å². The van der Waals surface area contributed by atoms with Gasteiger partial charge < -0.3 is 15.3 Å². The maximum Gasteiger partial charge on any atom is 0.417 e. The number of hydrogen-bond acceptors (Lipinski definition) is 6. The van der Waals surface area contributed by atoms with E-state index < -0.39 is 35.0 Å². The lowest BCUT2D eigenvalue weighted by atomic mass is 9.85. The summed E-state index contributed by atoms with van der Waals surface area (Å²) in [7, 11) is 0. The van der Waals surface area contributed by atoms with Gasteiger partial charge in [-0.25, -0.2) is 23.4 Å². The zero-order chi connectivity index (χ0) is 26.1. The van der Waals surface area contributed by atoms with Crippen molar-refractivity contribution >= 4 is 5.82 Å². The minimum Gasteiger partial charge on any atom is -0.381 e. The molecule has 2 N–H and O–H groups in total. The van der Waals surface area contributed by atoms with Crippen molar-refractivity contribution in [3.05, 3.63) is 71.4 Å². The summed E-state index contributed by atoms with van der Waals surface area (Å²) >= 11 is 0. The van der Waals surface area contributed by atoms with E-state index in [-0.39, 0.29) is 18.2 Å². The van der Waals surface area contributed by atoms with Crippen LogP contribution in [-0.4, -0.2) is 50.0 Å². The number of aromatic nitrogens is 4. The molecule has 1 fully saturated rings. The number of aliphatic hydroxyl groups is 1. The van der Waals surface area contributed by atoms with Crippen LogP contribution in [0.25, 0.3) is 0 Å². The lowest BCUT2D eigenvalue weighted by molar-refractivity contribution is -0.137. The van der Waals surface area contributed by atoms with Gasteiger partial charge in [0, 0.05) is 43.0 Å². The van der Waals surface area contributed by atoms with Crippen LogP contribution in [0.15, 0.2) is 43.1 Å². The first-order valence-corrected chi connectivity index (χ1v) is 11.5. The lowest BCUT2D eigenvalue weighted by Gasteiger charge is -2.40. The van der Waals surface area contributed by atoms with Crippen LogP contribution in [-0.2, 0) is 18.3 Å². The van der Waals surface area contributed by atoms with Gasteiger partial charge in [-0.1, -0.05) is 6.07 Å². The highest BCUT2D eigenvalue weighted by Crippen LogP contribution is 2.33. The van der Waals surface area contributed by atoms with Gasteiger partial charge in [0.1, 0.15) is 35.7 Å². The van der Waals surface area contributed by atoms with Gasteiger partial charge in [0.25, 0.3) is 0 Å². The number of nitrogens with one attached hydrogen (secondary N) is 1. The molecule has 0 unspecified atom stereocenters. The zero-order valence-corrected chi connectivity index (χ0v) is 19.8. The number of hydrogen-bond donors (Lipinski definition) is 2. The van der Waals surface area contributed by atoms with Gasteiger partial charge in [-0.05, 0) is 44.4 Å². The highest BCUT2D eigenvalue weighted by atomic mass is 19.4. The van der Waals surface area contributed by atoms with Gasteiger partial charge >= 0.3 is 6.18 Å². The average Bonchev–Trinajstić information content (AvgIpc) is 3.31. The van der Waals surface area contributed by atoms with Crippen LogP contribution in [0.2, 0.25) is 0 Å². The van der Waals surface area contributed by atoms with E-state index in [1.165, 1.54) is 23.4 Å². The molecule has 0 aliphatic carbocycles. The lowest BCUT2D eigenvalue weighted by Crippen LogP contribution is -2.55. The molecule has 1 aliphatic heterocycles. The van der Waals surface area contributed by atoms with Crippen molar-refractivity contribution in [1.82, 2.24) is 25.1 Å². The SMILES string of the molecule is Cc1cc(C(F)(F)F)cnc1N1CCC(N[C@H](C)[C@](O)(Cn2cncn2)c2ccc(F)cc2F)CC1. The first-order chi connectivity index (χ1) is 17.0. The van der Waals surface area contributed by atoms with Gasteiger partial charge in [-0.2, -0.15) is 18.3 Å². The molecule has 0 radical (unpaired) electrons. The standard InChI is InChI=1S/C24H27F5N6O/c1-15-9-17(24(27,28)29)11-31-22(15)34-7-5-19(6-8-34)33-16(2)23(36,12-35-14-30-13-32-35)20-4-3-18(25)10-21(20)26/h3-4,9-11,13-14,16,19,33,36H,5-8,12H2,1-2H3/t16-,23-/m1/s1. The maximum atomic E-state index is 14.7. The Kier molecular flexibility index (Phi) is 7.28. The Morgan fingerprint density at radius 2 is 1.89 bits per heavy atom. The van der Waals surface area contributed by atoms with Crippen LogP contribution in [0.3, 0.4) is 0 Å². The molecule has 2 aromatic heterocycles. The number of rotatable bonds is 7. The summed E-state index contributed by atoms with van der Waals surface area (Å²) in [5, 5.41) is 19.0. The fourth-order valence-corrected chi connectivity index (χ4v) is 4.66. The van der Waals surface area contributed by atoms with Crippen molar-refractivity contribution in [3.8, 4) is 0 Å². The average molecular weight is 511 g/mol. The second-order valence-corrected chi connectivity index (χ2v) is 9.15. The molecule has 36 heavy (non-hydrogen) atoms. The predicted octanol–water partition coefficient (Wildman–Crippen LogP) is 3.81. The van der Waals surface area contributed by atoms with E-state index in [1.807, 2.05) is 4.90 Å². The van der Waals surface area contributed by atoms with E-state index in [2.05, 4.69) is 20.4 Å². The molecule has 4 rings (SSSR count). The molecule has 3 aromatic rings. The first kappa shape index (κ1) is 26.0. The minimum absolute atomic E-state index is 0.0585. The molecule has 194 valence electrons. The maximum absolute atomic E-state index is 14.7. The van der Waals surface area contributed by atoms with E-state index in [9.17, 15) is 27.1 Å². The van der Waals surface area contributed by atoms with Gasteiger partial charge in [0.2, 0.25) is 0 Å². The molecule has 1 aromatic carbocycles. The highest BCUT2D eigenvalue weighted by molar-refractivity contribution is 5.48. The third kappa shape index (κ3) is 5.49. The van der Waals surface area contributed by atoms with Crippen LogP contribution in [0.1, 0.15) is 36.5 Å². The van der Waals surface area contributed by atoms with Gasteiger partial charge in [0.05, 0.1) is 12.1 Å². The van der Waals surface area contributed by atoms with Crippen molar-refractivity contribution in [3.63, 3.8) is 0 Å². The molecule has 0 bridgehead atoms. The zero-order valence-electron chi connectivity index (χ0n) is 19.8. The fourth-order valence-electron chi connectivity index (χ4n) is 4.66. The molecule has 12 heteroatoms. The van der Waals surface area contributed by atoms with E-state index in [0.29, 0.717) is 37.3 Å². The Labute approximate surface area is 205 Å². The quantitative estimate of drug-likeness (QED) is 0.471. The number of halogens is 5. The van der Waals surface area contributed by atoms with Crippen LogP contribution in [0, 0.1) is 18.6 Å². The third-order valence-corrected chi connectivity index (χ3v) is 6.64. The molecule has 1 saturated heterocycles. The number of piperidine rings is 1. The number of nitrogens with zero attached hydrogens (tertiary/aromatic N) is 5. The Morgan fingerprint density at radius 1 is 1.17 bits per heavy atom.